The van der Waals surface area contributed by atoms with E-state index in [1.807, 2.05) is 26.0 Å². The smallest absolute Gasteiger partial charge is 0.217 e. The molecule has 0 saturated carbocycles. The quantitative estimate of drug-likeness (QED) is 0.880. The Labute approximate surface area is 113 Å². The second-order valence-electron chi connectivity index (χ2n) is 5.09. The number of hydrogen-bond acceptors (Lipinski definition) is 3. The van der Waals surface area contributed by atoms with Gasteiger partial charge in [0.2, 0.25) is 5.91 Å². The fourth-order valence-electron chi connectivity index (χ4n) is 2.55. The summed E-state index contributed by atoms with van der Waals surface area (Å²) in [6, 6.07) is 3.97. The molecule has 0 fully saturated rings. The molecule has 19 heavy (non-hydrogen) atoms. The molecule has 1 amide bonds. The van der Waals surface area contributed by atoms with Gasteiger partial charge in [-0.1, -0.05) is 18.6 Å². The molecule has 0 aliphatic carbocycles. The lowest BCUT2D eigenvalue weighted by Crippen LogP contribution is -2.31. The highest BCUT2D eigenvalue weighted by Crippen LogP contribution is 2.39. The van der Waals surface area contributed by atoms with Crippen molar-refractivity contribution < 1.29 is 14.6 Å². The Bertz CT molecular complexity index is 485. The molecule has 4 heteroatoms. The van der Waals surface area contributed by atoms with Gasteiger partial charge < -0.3 is 15.2 Å². The molecule has 2 rings (SSSR count). The fourth-order valence-corrected chi connectivity index (χ4v) is 2.55. The molecule has 1 heterocycles. The molecule has 1 aliphatic heterocycles. The maximum absolute atomic E-state index is 11.3. The molecule has 0 radical (unpaired) electrons. The molecule has 0 saturated heterocycles. The number of aliphatic hydroxyl groups is 1. The summed E-state index contributed by atoms with van der Waals surface area (Å²) in [7, 11) is 0. The summed E-state index contributed by atoms with van der Waals surface area (Å²) < 4.78 is 5.73. The molecular weight excluding hydrogens is 242 g/mol. The molecule has 0 spiro atoms. The summed E-state index contributed by atoms with van der Waals surface area (Å²) in [5.41, 5.74) is 2.87. The standard InChI is InChI=1S/C15H21NO3/c1-4-14(18)12-8-9(2)7-11-13(16-10(3)17)5-6-19-15(11)12/h7-8,13-14,18H,4-6H2,1-3H3,(H,16,17). The maximum atomic E-state index is 11.3. The highest BCUT2D eigenvalue weighted by atomic mass is 16.5. The summed E-state index contributed by atoms with van der Waals surface area (Å²) in [5.74, 6) is 0.696. The van der Waals surface area contributed by atoms with Crippen molar-refractivity contribution in [3.63, 3.8) is 0 Å². The summed E-state index contributed by atoms with van der Waals surface area (Å²) in [6.07, 6.45) is 0.881. The first-order valence-electron chi connectivity index (χ1n) is 6.75. The highest BCUT2D eigenvalue weighted by molar-refractivity contribution is 5.73. The number of fused-ring (bicyclic) bond motifs is 1. The zero-order chi connectivity index (χ0) is 14.0. The van der Waals surface area contributed by atoms with Gasteiger partial charge in [0.05, 0.1) is 18.8 Å². The number of aliphatic hydroxyl groups excluding tert-OH is 1. The number of amides is 1. The van der Waals surface area contributed by atoms with E-state index >= 15 is 0 Å². The summed E-state index contributed by atoms with van der Waals surface area (Å²) in [5, 5.41) is 13.1. The van der Waals surface area contributed by atoms with Crippen LogP contribution in [-0.2, 0) is 4.79 Å². The Morgan fingerprint density at radius 2 is 2.32 bits per heavy atom. The van der Waals surface area contributed by atoms with Gasteiger partial charge in [0.25, 0.3) is 0 Å². The molecule has 1 aromatic carbocycles. The molecule has 2 unspecified atom stereocenters. The van der Waals surface area contributed by atoms with Crippen LogP contribution in [0.2, 0.25) is 0 Å². The first kappa shape index (κ1) is 13.9. The van der Waals surface area contributed by atoms with Crippen molar-refractivity contribution in [1.29, 1.82) is 0 Å². The van der Waals surface area contributed by atoms with E-state index in [1.54, 1.807) is 0 Å². The van der Waals surface area contributed by atoms with Crippen molar-refractivity contribution in [1.82, 2.24) is 5.32 Å². The number of carbonyl (C=O) groups excluding carboxylic acids is 1. The Morgan fingerprint density at radius 3 is 2.95 bits per heavy atom. The largest absolute Gasteiger partial charge is 0.493 e. The van der Waals surface area contributed by atoms with Gasteiger partial charge in [0, 0.05) is 24.5 Å². The number of rotatable bonds is 3. The zero-order valence-corrected chi connectivity index (χ0v) is 11.7. The molecule has 2 atom stereocenters. The van der Waals surface area contributed by atoms with Crippen LogP contribution in [0, 0.1) is 6.92 Å². The third-order valence-electron chi connectivity index (χ3n) is 3.44. The van der Waals surface area contributed by atoms with E-state index < -0.39 is 6.10 Å². The Morgan fingerprint density at radius 1 is 1.58 bits per heavy atom. The molecule has 4 nitrogen and oxygen atoms in total. The number of aryl methyl sites for hydroxylation is 1. The van der Waals surface area contributed by atoms with E-state index in [9.17, 15) is 9.90 Å². The van der Waals surface area contributed by atoms with Crippen molar-refractivity contribution in [2.24, 2.45) is 0 Å². The first-order valence-corrected chi connectivity index (χ1v) is 6.75. The van der Waals surface area contributed by atoms with Crippen LogP contribution in [0.25, 0.3) is 0 Å². The summed E-state index contributed by atoms with van der Waals surface area (Å²) in [4.78, 5) is 11.3. The second kappa shape index (κ2) is 5.61. The van der Waals surface area contributed by atoms with Gasteiger partial charge in [-0.3, -0.25) is 4.79 Å². The topological polar surface area (TPSA) is 58.6 Å². The van der Waals surface area contributed by atoms with Crippen LogP contribution in [0.1, 0.15) is 55.5 Å². The zero-order valence-electron chi connectivity index (χ0n) is 11.7. The van der Waals surface area contributed by atoms with E-state index in [4.69, 9.17) is 4.74 Å². The van der Waals surface area contributed by atoms with E-state index in [1.165, 1.54) is 6.92 Å². The lowest BCUT2D eigenvalue weighted by Gasteiger charge is -2.29. The number of carbonyl (C=O) groups is 1. The average molecular weight is 263 g/mol. The van der Waals surface area contributed by atoms with Gasteiger partial charge in [-0.25, -0.2) is 0 Å². The predicted octanol–water partition coefficient (Wildman–Crippen LogP) is 2.40. The second-order valence-corrected chi connectivity index (χ2v) is 5.09. The number of ether oxygens (including phenoxy) is 1. The minimum Gasteiger partial charge on any atom is -0.493 e. The summed E-state index contributed by atoms with van der Waals surface area (Å²) >= 11 is 0. The number of hydrogen-bond donors (Lipinski definition) is 2. The van der Waals surface area contributed by atoms with E-state index in [0.717, 1.165) is 28.9 Å². The van der Waals surface area contributed by atoms with Gasteiger partial charge in [0.1, 0.15) is 5.75 Å². The van der Waals surface area contributed by atoms with Gasteiger partial charge in [0.15, 0.2) is 0 Å². The van der Waals surface area contributed by atoms with Crippen molar-refractivity contribution in [2.45, 2.75) is 45.8 Å². The van der Waals surface area contributed by atoms with Crippen LogP contribution >= 0.6 is 0 Å². The first-order chi connectivity index (χ1) is 9.02. The van der Waals surface area contributed by atoms with E-state index in [-0.39, 0.29) is 11.9 Å². The van der Waals surface area contributed by atoms with Gasteiger partial charge in [-0.05, 0) is 19.4 Å². The fraction of sp³-hybridized carbons (Fsp3) is 0.533. The van der Waals surface area contributed by atoms with E-state index in [2.05, 4.69) is 5.32 Å². The minimum atomic E-state index is -0.523. The van der Waals surface area contributed by atoms with Gasteiger partial charge in [-0.2, -0.15) is 0 Å². The van der Waals surface area contributed by atoms with Crippen molar-refractivity contribution in [2.75, 3.05) is 6.61 Å². The third-order valence-corrected chi connectivity index (χ3v) is 3.44. The molecule has 0 bridgehead atoms. The number of benzene rings is 1. The lowest BCUT2D eigenvalue weighted by atomic mass is 9.92. The Hall–Kier alpha value is -1.55. The van der Waals surface area contributed by atoms with Crippen molar-refractivity contribution >= 4 is 5.91 Å². The van der Waals surface area contributed by atoms with Gasteiger partial charge >= 0.3 is 0 Å². The Balaban J connectivity index is 2.46. The molecule has 2 N–H and O–H groups in total. The molecular formula is C15H21NO3. The van der Waals surface area contributed by atoms with E-state index in [0.29, 0.717) is 13.0 Å². The monoisotopic (exact) mass is 263 g/mol. The lowest BCUT2D eigenvalue weighted by molar-refractivity contribution is -0.119. The van der Waals surface area contributed by atoms with Crippen LogP contribution in [0.5, 0.6) is 5.75 Å². The molecule has 0 aromatic heterocycles. The van der Waals surface area contributed by atoms with Crippen LogP contribution in [0.3, 0.4) is 0 Å². The SMILES string of the molecule is CCC(O)c1cc(C)cc2c1OCCC2NC(C)=O. The average Bonchev–Trinajstić information content (AvgIpc) is 2.37. The van der Waals surface area contributed by atoms with Crippen molar-refractivity contribution in [3.05, 3.63) is 28.8 Å². The van der Waals surface area contributed by atoms with Crippen molar-refractivity contribution in [3.8, 4) is 5.75 Å². The maximum Gasteiger partial charge on any atom is 0.217 e. The van der Waals surface area contributed by atoms with Crippen LogP contribution in [0.15, 0.2) is 12.1 Å². The third kappa shape index (κ3) is 2.89. The van der Waals surface area contributed by atoms with Crippen LogP contribution in [0.4, 0.5) is 0 Å². The van der Waals surface area contributed by atoms with Gasteiger partial charge in [-0.15, -0.1) is 0 Å². The normalized spacial score (nSPS) is 19.3. The Kier molecular flexibility index (Phi) is 4.10. The molecule has 1 aromatic rings. The molecule has 1 aliphatic rings. The highest BCUT2D eigenvalue weighted by Gasteiger charge is 2.26. The number of nitrogens with one attached hydrogen (secondary N) is 1. The van der Waals surface area contributed by atoms with Crippen LogP contribution < -0.4 is 10.1 Å². The molecule has 104 valence electrons. The van der Waals surface area contributed by atoms with Crippen LogP contribution in [-0.4, -0.2) is 17.6 Å². The minimum absolute atomic E-state index is 0.0241. The summed E-state index contributed by atoms with van der Waals surface area (Å²) in [6.45, 7) is 6.01. The predicted molar refractivity (Wildman–Crippen MR) is 73.1 cm³/mol.